The average molecular weight is 220 g/mol. The minimum atomic E-state index is -4.47. The summed E-state index contributed by atoms with van der Waals surface area (Å²) in [6.45, 7) is 2.10. The van der Waals surface area contributed by atoms with E-state index in [0.29, 0.717) is 6.61 Å². The Kier molecular flexibility index (Phi) is 3.52. The molecule has 1 atom stereocenters. The van der Waals surface area contributed by atoms with Gasteiger partial charge >= 0.3 is 6.18 Å². The largest absolute Gasteiger partial charge is 0.492 e. The van der Waals surface area contributed by atoms with Crippen LogP contribution >= 0.6 is 0 Å². The lowest BCUT2D eigenvalue weighted by molar-refractivity contribution is -0.149. The van der Waals surface area contributed by atoms with Crippen LogP contribution in [0.1, 0.15) is 18.5 Å². The van der Waals surface area contributed by atoms with Gasteiger partial charge in [-0.15, -0.1) is 0 Å². The number of nitrogens with two attached hydrogens (primary N) is 1. The van der Waals surface area contributed by atoms with Crippen molar-refractivity contribution in [2.24, 2.45) is 5.73 Å². The topological polar surface area (TPSA) is 48.1 Å². The molecule has 1 aromatic rings. The molecule has 3 nitrogen and oxygen atoms in total. The molecule has 15 heavy (non-hydrogen) atoms. The molecule has 0 saturated carbocycles. The van der Waals surface area contributed by atoms with Crippen molar-refractivity contribution >= 4 is 0 Å². The van der Waals surface area contributed by atoms with E-state index in [1.165, 1.54) is 12.3 Å². The van der Waals surface area contributed by atoms with Crippen molar-refractivity contribution in [2.45, 2.75) is 19.1 Å². The van der Waals surface area contributed by atoms with E-state index in [-0.39, 0.29) is 11.3 Å². The number of aromatic nitrogens is 1. The number of rotatable bonds is 3. The number of ether oxygens (including phenoxy) is 1. The smallest absolute Gasteiger partial charge is 0.407 e. The molecule has 2 N–H and O–H groups in total. The van der Waals surface area contributed by atoms with Gasteiger partial charge < -0.3 is 10.5 Å². The molecule has 0 fully saturated rings. The van der Waals surface area contributed by atoms with E-state index in [1.54, 1.807) is 6.92 Å². The van der Waals surface area contributed by atoms with Crippen LogP contribution in [0.4, 0.5) is 13.2 Å². The fourth-order valence-corrected chi connectivity index (χ4v) is 1.04. The number of nitrogens with zero attached hydrogens (tertiary/aromatic N) is 1. The second-order valence-corrected chi connectivity index (χ2v) is 2.91. The fraction of sp³-hybridized carbons (Fsp3) is 0.444. The summed E-state index contributed by atoms with van der Waals surface area (Å²) in [4.78, 5) is 3.63. The van der Waals surface area contributed by atoms with E-state index >= 15 is 0 Å². The molecule has 0 aliphatic rings. The Labute approximate surface area is 85.1 Å². The van der Waals surface area contributed by atoms with Gasteiger partial charge in [0.15, 0.2) is 0 Å². The first kappa shape index (κ1) is 11.8. The van der Waals surface area contributed by atoms with E-state index < -0.39 is 12.2 Å². The van der Waals surface area contributed by atoms with E-state index in [0.717, 1.165) is 6.20 Å². The minimum Gasteiger partial charge on any atom is -0.492 e. The molecule has 0 aliphatic carbocycles. The summed E-state index contributed by atoms with van der Waals surface area (Å²) in [5.41, 5.74) is 4.91. The van der Waals surface area contributed by atoms with Crippen LogP contribution in [0.2, 0.25) is 0 Å². The third-order valence-corrected chi connectivity index (χ3v) is 1.76. The first-order valence-electron chi connectivity index (χ1n) is 4.35. The maximum absolute atomic E-state index is 12.3. The van der Waals surface area contributed by atoms with Gasteiger partial charge in [0, 0.05) is 6.20 Å². The van der Waals surface area contributed by atoms with Crippen molar-refractivity contribution in [3.8, 4) is 5.75 Å². The Balaban J connectivity index is 2.90. The molecule has 0 aliphatic heterocycles. The summed E-state index contributed by atoms with van der Waals surface area (Å²) in [5.74, 6) is 0.287. The highest BCUT2D eigenvalue weighted by atomic mass is 19.4. The third-order valence-electron chi connectivity index (χ3n) is 1.76. The first-order chi connectivity index (χ1) is 6.95. The highest BCUT2D eigenvalue weighted by Gasteiger charge is 2.38. The third kappa shape index (κ3) is 3.09. The molecular weight excluding hydrogens is 209 g/mol. The van der Waals surface area contributed by atoms with Crippen molar-refractivity contribution in [1.82, 2.24) is 4.98 Å². The summed E-state index contributed by atoms with van der Waals surface area (Å²) in [5, 5.41) is 0. The van der Waals surface area contributed by atoms with Crippen LogP contribution in [0.3, 0.4) is 0 Å². The van der Waals surface area contributed by atoms with Crippen LogP contribution in [0.5, 0.6) is 5.75 Å². The van der Waals surface area contributed by atoms with E-state index in [9.17, 15) is 13.2 Å². The molecule has 0 aromatic carbocycles. The zero-order valence-corrected chi connectivity index (χ0v) is 8.08. The average Bonchev–Trinajstić information content (AvgIpc) is 2.16. The lowest BCUT2D eigenvalue weighted by Gasteiger charge is -2.15. The van der Waals surface area contributed by atoms with E-state index in [1.807, 2.05) is 0 Å². The van der Waals surface area contributed by atoms with Crippen molar-refractivity contribution in [3.63, 3.8) is 0 Å². The SMILES string of the molecule is CCOc1cncc(C(N)C(F)(F)F)c1. The Bertz CT molecular complexity index is 327. The highest BCUT2D eigenvalue weighted by Crippen LogP contribution is 2.31. The normalized spacial score (nSPS) is 13.7. The molecule has 6 heteroatoms. The molecular formula is C9H11F3N2O. The Morgan fingerprint density at radius 2 is 2.13 bits per heavy atom. The second-order valence-electron chi connectivity index (χ2n) is 2.91. The number of hydrogen-bond donors (Lipinski definition) is 1. The quantitative estimate of drug-likeness (QED) is 0.847. The number of pyridine rings is 1. The molecule has 0 bridgehead atoms. The standard InChI is InChI=1S/C9H11F3N2O/c1-2-15-7-3-6(4-14-5-7)8(13)9(10,11)12/h3-5,8H,2,13H2,1H3. The highest BCUT2D eigenvalue weighted by molar-refractivity contribution is 5.26. The summed E-state index contributed by atoms with van der Waals surface area (Å²) in [7, 11) is 0. The van der Waals surface area contributed by atoms with E-state index in [2.05, 4.69) is 4.98 Å². The van der Waals surface area contributed by atoms with Crippen LogP contribution < -0.4 is 10.5 Å². The number of alkyl halides is 3. The molecule has 0 radical (unpaired) electrons. The van der Waals surface area contributed by atoms with Gasteiger partial charge in [0.25, 0.3) is 0 Å². The second kappa shape index (κ2) is 4.48. The zero-order valence-electron chi connectivity index (χ0n) is 8.08. The summed E-state index contributed by atoms with van der Waals surface area (Å²) >= 11 is 0. The Morgan fingerprint density at radius 3 is 2.67 bits per heavy atom. The maximum atomic E-state index is 12.3. The van der Waals surface area contributed by atoms with Gasteiger partial charge in [0.2, 0.25) is 0 Å². The summed E-state index contributed by atoms with van der Waals surface area (Å²) in [6.07, 6.45) is -2.04. The Morgan fingerprint density at radius 1 is 1.47 bits per heavy atom. The summed E-state index contributed by atoms with van der Waals surface area (Å²) < 4.78 is 41.8. The molecule has 1 rings (SSSR count). The fourth-order valence-electron chi connectivity index (χ4n) is 1.04. The van der Waals surface area contributed by atoms with Crippen LogP contribution in [-0.2, 0) is 0 Å². The first-order valence-corrected chi connectivity index (χ1v) is 4.35. The predicted octanol–water partition coefficient (Wildman–Crippen LogP) is 2.04. The predicted molar refractivity (Wildman–Crippen MR) is 48.4 cm³/mol. The molecule has 0 amide bonds. The van der Waals surface area contributed by atoms with Crippen molar-refractivity contribution in [1.29, 1.82) is 0 Å². The van der Waals surface area contributed by atoms with Gasteiger partial charge in [-0.1, -0.05) is 0 Å². The number of hydrogen-bond acceptors (Lipinski definition) is 3. The van der Waals surface area contributed by atoms with Crippen molar-refractivity contribution in [3.05, 3.63) is 24.0 Å². The zero-order chi connectivity index (χ0) is 11.5. The van der Waals surface area contributed by atoms with Gasteiger partial charge in [0.1, 0.15) is 11.8 Å². The molecule has 1 heterocycles. The van der Waals surface area contributed by atoms with Crippen LogP contribution in [0.25, 0.3) is 0 Å². The molecule has 1 aromatic heterocycles. The summed E-state index contributed by atoms with van der Waals surface area (Å²) in [6, 6.07) is -0.778. The maximum Gasteiger partial charge on any atom is 0.407 e. The van der Waals surface area contributed by atoms with Crippen LogP contribution in [-0.4, -0.2) is 17.8 Å². The molecule has 0 saturated heterocycles. The lowest BCUT2D eigenvalue weighted by atomic mass is 10.1. The molecule has 1 unspecified atom stereocenters. The van der Waals surface area contributed by atoms with Gasteiger partial charge in [-0.2, -0.15) is 13.2 Å². The van der Waals surface area contributed by atoms with Crippen molar-refractivity contribution < 1.29 is 17.9 Å². The van der Waals surface area contributed by atoms with Gasteiger partial charge in [-0.25, -0.2) is 0 Å². The molecule has 84 valence electrons. The lowest BCUT2D eigenvalue weighted by Crippen LogP contribution is -2.28. The van der Waals surface area contributed by atoms with Crippen LogP contribution in [0, 0.1) is 0 Å². The van der Waals surface area contributed by atoms with Crippen LogP contribution in [0.15, 0.2) is 18.5 Å². The Hall–Kier alpha value is -1.30. The van der Waals surface area contributed by atoms with Gasteiger partial charge in [0.05, 0.1) is 12.8 Å². The van der Waals surface area contributed by atoms with E-state index in [4.69, 9.17) is 10.5 Å². The number of halogens is 3. The van der Waals surface area contributed by atoms with Crippen molar-refractivity contribution in [2.75, 3.05) is 6.61 Å². The minimum absolute atomic E-state index is 0.103. The van der Waals surface area contributed by atoms with Gasteiger partial charge in [-0.3, -0.25) is 4.98 Å². The molecule has 0 spiro atoms. The van der Waals surface area contributed by atoms with Gasteiger partial charge in [-0.05, 0) is 18.6 Å². The monoisotopic (exact) mass is 220 g/mol.